The molecule has 3 rings (SSSR count). The van der Waals surface area contributed by atoms with Crippen LogP contribution in [0.4, 0.5) is 5.69 Å². The van der Waals surface area contributed by atoms with Crippen molar-refractivity contribution in [3.05, 3.63) is 42.5 Å². The van der Waals surface area contributed by atoms with Crippen molar-refractivity contribution in [3.63, 3.8) is 0 Å². The highest BCUT2D eigenvalue weighted by atomic mass is 16.2. The molecule has 0 bridgehead atoms. The molecule has 0 aliphatic carbocycles. The molecule has 1 heterocycles. The maximum Gasteiger partial charge on any atom is 0.227 e. The Morgan fingerprint density at radius 2 is 1.95 bits per heavy atom. The molecule has 0 aromatic heterocycles. The SMILES string of the molecule is CCN(C(=O)CC1CNC1)c1cccc2ccccc12. The fraction of sp³-hybridized carbons (Fsp3) is 0.353. The van der Waals surface area contributed by atoms with E-state index in [1.807, 2.05) is 36.1 Å². The van der Waals surface area contributed by atoms with Crippen LogP contribution in [0.15, 0.2) is 42.5 Å². The Kier molecular flexibility index (Phi) is 3.70. The largest absolute Gasteiger partial charge is 0.316 e. The van der Waals surface area contributed by atoms with Gasteiger partial charge in [0.25, 0.3) is 0 Å². The Bertz CT molecular complexity index is 614. The molecular formula is C17H20N2O. The topological polar surface area (TPSA) is 32.3 Å². The van der Waals surface area contributed by atoms with Gasteiger partial charge in [-0.2, -0.15) is 0 Å². The average Bonchev–Trinajstić information content (AvgIpc) is 2.44. The number of hydrogen-bond donors (Lipinski definition) is 1. The third-order valence-corrected chi connectivity index (χ3v) is 4.00. The molecule has 1 amide bonds. The second-order valence-electron chi connectivity index (χ2n) is 5.36. The summed E-state index contributed by atoms with van der Waals surface area (Å²) in [6, 6.07) is 14.4. The van der Waals surface area contributed by atoms with Crippen LogP contribution in [-0.4, -0.2) is 25.5 Å². The fourth-order valence-corrected chi connectivity index (χ4v) is 2.77. The van der Waals surface area contributed by atoms with Crippen LogP contribution in [0, 0.1) is 5.92 Å². The van der Waals surface area contributed by atoms with Crippen molar-refractivity contribution in [2.45, 2.75) is 13.3 Å². The maximum atomic E-state index is 12.5. The number of anilines is 1. The van der Waals surface area contributed by atoms with Crippen molar-refractivity contribution in [1.29, 1.82) is 0 Å². The lowest BCUT2D eigenvalue weighted by Gasteiger charge is -2.30. The number of amides is 1. The Labute approximate surface area is 119 Å². The van der Waals surface area contributed by atoms with Gasteiger partial charge in [-0.15, -0.1) is 0 Å². The Hall–Kier alpha value is -1.87. The number of nitrogens with one attached hydrogen (secondary N) is 1. The second kappa shape index (κ2) is 5.63. The van der Waals surface area contributed by atoms with Crippen LogP contribution in [0.5, 0.6) is 0 Å². The summed E-state index contributed by atoms with van der Waals surface area (Å²) in [6.07, 6.45) is 0.643. The van der Waals surface area contributed by atoms with E-state index in [9.17, 15) is 4.79 Å². The molecule has 0 radical (unpaired) electrons. The molecule has 3 nitrogen and oxygen atoms in total. The van der Waals surface area contributed by atoms with E-state index in [0.717, 1.165) is 24.2 Å². The van der Waals surface area contributed by atoms with E-state index in [1.54, 1.807) is 0 Å². The highest BCUT2D eigenvalue weighted by molar-refractivity contribution is 6.03. The number of rotatable bonds is 4. The van der Waals surface area contributed by atoms with Crippen molar-refractivity contribution >= 4 is 22.4 Å². The molecule has 0 unspecified atom stereocenters. The van der Waals surface area contributed by atoms with Crippen LogP contribution in [0.1, 0.15) is 13.3 Å². The minimum Gasteiger partial charge on any atom is -0.316 e. The zero-order chi connectivity index (χ0) is 13.9. The van der Waals surface area contributed by atoms with Gasteiger partial charge in [-0.1, -0.05) is 36.4 Å². The first kappa shape index (κ1) is 13.1. The molecule has 1 aliphatic rings. The summed E-state index contributed by atoms with van der Waals surface area (Å²) in [5, 5.41) is 5.55. The van der Waals surface area contributed by atoms with E-state index in [4.69, 9.17) is 0 Å². The van der Waals surface area contributed by atoms with Gasteiger partial charge in [0.15, 0.2) is 0 Å². The fourth-order valence-electron chi connectivity index (χ4n) is 2.77. The lowest BCUT2D eigenvalue weighted by molar-refractivity contribution is -0.119. The summed E-state index contributed by atoms with van der Waals surface area (Å²) in [6.45, 7) is 4.70. The molecule has 2 aromatic carbocycles. The summed E-state index contributed by atoms with van der Waals surface area (Å²) in [7, 11) is 0. The van der Waals surface area contributed by atoms with Crippen molar-refractivity contribution in [2.75, 3.05) is 24.5 Å². The number of benzene rings is 2. The Balaban J connectivity index is 1.92. The van der Waals surface area contributed by atoms with E-state index in [2.05, 4.69) is 23.5 Å². The molecule has 20 heavy (non-hydrogen) atoms. The van der Waals surface area contributed by atoms with E-state index in [-0.39, 0.29) is 5.91 Å². The molecule has 1 aliphatic heterocycles. The predicted octanol–water partition coefficient (Wildman–Crippen LogP) is 2.80. The summed E-state index contributed by atoms with van der Waals surface area (Å²) in [4.78, 5) is 14.4. The third kappa shape index (κ3) is 2.41. The Morgan fingerprint density at radius 3 is 2.65 bits per heavy atom. The lowest BCUT2D eigenvalue weighted by atomic mass is 9.98. The van der Waals surface area contributed by atoms with Crippen molar-refractivity contribution in [1.82, 2.24) is 5.32 Å². The van der Waals surface area contributed by atoms with Crippen LogP contribution in [0.3, 0.4) is 0 Å². The van der Waals surface area contributed by atoms with Gasteiger partial charge in [-0.05, 0) is 37.4 Å². The highest BCUT2D eigenvalue weighted by Crippen LogP contribution is 2.27. The van der Waals surface area contributed by atoms with Crippen LogP contribution in [-0.2, 0) is 4.79 Å². The van der Waals surface area contributed by atoms with E-state index < -0.39 is 0 Å². The lowest BCUT2D eigenvalue weighted by Crippen LogP contribution is -2.45. The summed E-state index contributed by atoms with van der Waals surface area (Å²) >= 11 is 0. The standard InChI is InChI=1S/C17H20N2O/c1-2-19(17(20)10-13-11-18-12-13)16-9-5-7-14-6-3-4-8-15(14)16/h3-9,13,18H,2,10-12H2,1H3. The smallest absolute Gasteiger partial charge is 0.227 e. The molecule has 2 aromatic rings. The van der Waals surface area contributed by atoms with Gasteiger partial charge in [0.1, 0.15) is 0 Å². The van der Waals surface area contributed by atoms with Gasteiger partial charge in [-0.3, -0.25) is 4.79 Å². The number of carbonyl (C=O) groups is 1. The molecule has 1 N–H and O–H groups in total. The van der Waals surface area contributed by atoms with Gasteiger partial charge >= 0.3 is 0 Å². The van der Waals surface area contributed by atoms with Gasteiger partial charge in [-0.25, -0.2) is 0 Å². The second-order valence-corrected chi connectivity index (χ2v) is 5.36. The third-order valence-electron chi connectivity index (χ3n) is 4.00. The number of nitrogens with zero attached hydrogens (tertiary/aromatic N) is 1. The van der Waals surface area contributed by atoms with Gasteiger partial charge in [0, 0.05) is 18.4 Å². The average molecular weight is 268 g/mol. The molecule has 3 heteroatoms. The first-order valence-corrected chi connectivity index (χ1v) is 7.28. The monoisotopic (exact) mass is 268 g/mol. The molecular weight excluding hydrogens is 248 g/mol. The first-order valence-electron chi connectivity index (χ1n) is 7.28. The Morgan fingerprint density at radius 1 is 1.20 bits per heavy atom. The van der Waals surface area contributed by atoms with E-state index >= 15 is 0 Å². The van der Waals surface area contributed by atoms with Crippen molar-refractivity contribution in [3.8, 4) is 0 Å². The van der Waals surface area contributed by atoms with Crippen LogP contribution in [0.2, 0.25) is 0 Å². The highest BCUT2D eigenvalue weighted by Gasteiger charge is 2.24. The van der Waals surface area contributed by atoms with E-state index in [0.29, 0.717) is 18.9 Å². The van der Waals surface area contributed by atoms with Gasteiger partial charge in [0.05, 0.1) is 5.69 Å². The molecule has 1 fully saturated rings. The van der Waals surface area contributed by atoms with Crippen molar-refractivity contribution < 1.29 is 4.79 Å². The molecule has 1 saturated heterocycles. The minimum atomic E-state index is 0.232. The molecule has 0 saturated carbocycles. The van der Waals surface area contributed by atoms with Crippen LogP contribution in [0.25, 0.3) is 10.8 Å². The molecule has 0 atom stereocenters. The number of carbonyl (C=O) groups excluding carboxylic acids is 1. The number of fused-ring (bicyclic) bond motifs is 1. The summed E-state index contributed by atoms with van der Waals surface area (Å²) in [5.74, 6) is 0.738. The first-order chi connectivity index (χ1) is 9.79. The van der Waals surface area contributed by atoms with Crippen LogP contribution >= 0.6 is 0 Å². The summed E-state index contributed by atoms with van der Waals surface area (Å²) in [5.41, 5.74) is 1.03. The van der Waals surface area contributed by atoms with Gasteiger partial charge < -0.3 is 10.2 Å². The van der Waals surface area contributed by atoms with Crippen LogP contribution < -0.4 is 10.2 Å². The number of hydrogen-bond acceptors (Lipinski definition) is 2. The van der Waals surface area contributed by atoms with E-state index in [1.165, 1.54) is 5.39 Å². The quantitative estimate of drug-likeness (QED) is 0.924. The maximum absolute atomic E-state index is 12.5. The predicted molar refractivity (Wildman–Crippen MR) is 83.0 cm³/mol. The van der Waals surface area contributed by atoms with Gasteiger partial charge in [0.2, 0.25) is 5.91 Å². The zero-order valence-electron chi connectivity index (χ0n) is 11.8. The van der Waals surface area contributed by atoms with Crippen molar-refractivity contribution in [2.24, 2.45) is 5.92 Å². The summed E-state index contributed by atoms with van der Waals surface area (Å²) < 4.78 is 0. The molecule has 104 valence electrons. The zero-order valence-corrected chi connectivity index (χ0v) is 11.8. The minimum absolute atomic E-state index is 0.232. The normalized spacial score (nSPS) is 15.1. The molecule has 0 spiro atoms.